The van der Waals surface area contributed by atoms with E-state index in [9.17, 15) is 9.59 Å². The molecule has 0 spiro atoms. The molecule has 4 aromatic rings. The molecular weight excluding hydrogens is 390 g/mol. The van der Waals surface area contributed by atoms with Crippen LogP contribution in [-0.2, 0) is 13.1 Å². The zero-order valence-electron chi connectivity index (χ0n) is 15.7. The molecular formula is C22H18ClN3O3. The van der Waals surface area contributed by atoms with Gasteiger partial charge in [0, 0.05) is 16.8 Å². The van der Waals surface area contributed by atoms with E-state index < -0.39 is 5.69 Å². The molecule has 6 nitrogen and oxygen atoms in total. The number of fused-ring (bicyclic) bond motifs is 1. The summed E-state index contributed by atoms with van der Waals surface area (Å²) in [5, 5.41) is 0.917. The summed E-state index contributed by atoms with van der Waals surface area (Å²) < 4.78 is 8.06. The monoisotopic (exact) mass is 407 g/mol. The standard InChI is InChI=1S/C22H18ClN3O3/c1-29-19-11-5-3-8-16(19)14-26-21(27)17-9-6-12-24-20(17)25(22(26)28)13-15-7-2-4-10-18(15)23/h2-12H,13-14H2,1H3. The minimum Gasteiger partial charge on any atom is -0.496 e. The van der Waals surface area contributed by atoms with Gasteiger partial charge >= 0.3 is 5.69 Å². The number of halogens is 1. The average molecular weight is 408 g/mol. The van der Waals surface area contributed by atoms with E-state index in [1.165, 1.54) is 9.13 Å². The van der Waals surface area contributed by atoms with Crippen LogP contribution >= 0.6 is 11.6 Å². The SMILES string of the molecule is COc1ccccc1Cn1c(=O)c2cccnc2n(Cc2ccccc2Cl)c1=O. The van der Waals surface area contributed by atoms with Gasteiger partial charge in [-0.1, -0.05) is 48.0 Å². The molecule has 0 N–H and O–H groups in total. The molecule has 0 radical (unpaired) electrons. The first kappa shape index (κ1) is 19.0. The molecule has 2 aromatic heterocycles. The number of methoxy groups -OCH3 is 1. The third-order valence-electron chi connectivity index (χ3n) is 4.79. The van der Waals surface area contributed by atoms with Crippen LogP contribution < -0.4 is 16.0 Å². The summed E-state index contributed by atoms with van der Waals surface area (Å²) in [7, 11) is 1.56. The molecule has 0 aliphatic heterocycles. The van der Waals surface area contributed by atoms with Crippen molar-refractivity contribution in [2.45, 2.75) is 13.1 Å². The molecule has 0 bridgehead atoms. The number of hydrogen-bond donors (Lipinski definition) is 0. The van der Waals surface area contributed by atoms with Gasteiger partial charge < -0.3 is 4.74 Å². The number of nitrogens with zero attached hydrogens (tertiary/aromatic N) is 3. The lowest BCUT2D eigenvalue weighted by Gasteiger charge is -2.15. The predicted molar refractivity (Wildman–Crippen MR) is 113 cm³/mol. The number of rotatable bonds is 5. The molecule has 0 amide bonds. The van der Waals surface area contributed by atoms with Crippen molar-refractivity contribution in [2.24, 2.45) is 0 Å². The van der Waals surface area contributed by atoms with Crippen LogP contribution in [0.25, 0.3) is 11.0 Å². The summed E-state index contributed by atoms with van der Waals surface area (Å²) in [6, 6.07) is 18.0. The Morgan fingerprint density at radius 3 is 2.34 bits per heavy atom. The molecule has 0 saturated heterocycles. The number of pyridine rings is 1. The Morgan fingerprint density at radius 1 is 0.897 bits per heavy atom. The second kappa shape index (κ2) is 7.93. The van der Waals surface area contributed by atoms with Crippen molar-refractivity contribution in [3.05, 3.63) is 104 Å². The van der Waals surface area contributed by atoms with Gasteiger partial charge in [-0.2, -0.15) is 0 Å². The largest absolute Gasteiger partial charge is 0.496 e. The molecule has 0 unspecified atom stereocenters. The Bertz CT molecular complexity index is 1310. The quantitative estimate of drug-likeness (QED) is 0.509. The Labute approximate surface area is 171 Å². The van der Waals surface area contributed by atoms with Gasteiger partial charge in [0.1, 0.15) is 11.4 Å². The molecule has 0 aliphatic rings. The van der Waals surface area contributed by atoms with E-state index in [1.54, 1.807) is 37.6 Å². The maximum Gasteiger partial charge on any atom is 0.333 e. The van der Waals surface area contributed by atoms with Crippen LogP contribution in [-0.4, -0.2) is 21.2 Å². The molecule has 4 rings (SSSR count). The lowest BCUT2D eigenvalue weighted by atomic mass is 10.2. The normalized spacial score (nSPS) is 11.0. The smallest absolute Gasteiger partial charge is 0.333 e. The van der Waals surface area contributed by atoms with Crippen LogP contribution in [0.15, 0.2) is 76.4 Å². The highest BCUT2D eigenvalue weighted by Crippen LogP contribution is 2.19. The van der Waals surface area contributed by atoms with Crippen molar-refractivity contribution in [2.75, 3.05) is 7.11 Å². The predicted octanol–water partition coefficient (Wildman–Crippen LogP) is 3.32. The van der Waals surface area contributed by atoms with E-state index in [4.69, 9.17) is 16.3 Å². The lowest BCUT2D eigenvalue weighted by Crippen LogP contribution is -2.41. The molecule has 29 heavy (non-hydrogen) atoms. The summed E-state index contributed by atoms with van der Waals surface area (Å²) in [5.41, 5.74) is 0.998. The third-order valence-corrected chi connectivity index (χ3v) is 5.16. The highest BCUT2D eigenvalue weighted by atomic mass is 35.5. The Hall–Kier alpha value is -3.38. The molecule has 0 atom stereocenters. The molecule has 0 fully saturated rings. The summed E-state index contributed by atoms with van der Waals surface area (Å²) in [6.07, 6.45) is 1.56. The zero-order valence-corrected chi connectivity index (χ0v) is 16.5. The third kappa shape index (κ3) is 3.54. The molecule has 2 aromatic carbocycles. The van der Waals surface area contributed by atoms with E-state index in [0.29, 0.717) is 21.8 Å². The maximum atomic E-state index is 13.3. The van der Waals surface area contributed by atoms with Gasteiger partial charge in [0.25, 0.3) is 5.56 Å². The Morgan fingerprint density at radius 2 is 1.59 bits per heavy atom. The van der Waals surface area contributed by atoms with Crippen molar-refractivity contribution in [3.8, 4) is 5.75 Å². The summed E-state index contributed by atoms with van der Waals surface area (Å²) >= 11 is 6.30. The second-order valence-electron chi connectivity index (χ2n) is 6.54. The van der Waals surface area contributed by atoms with Gasteiger partial charge in [0.2, 0.25) is 0 Å². The number of benzene rings is 2. The van der Waals surface area contributed by atoms with Crippen molar-refractivity contribution in [3.63, 3.8) is 0 Å². The van der Waals surface area contributed by atoms with Crippen LogP contribution in [0.4, 0.5) is 0 Å². The van der Waals surface area contributed by atoms with E-state index in [-0.39, 0.29) is 18.6 Å². The number of aromatic nitrogens is 3. The second-order valence-corrected chi connectivity index (χ2v) is 6.95. The van der Waals surface area contributed by atoms with E-state index in [2.05, 4.69) is 4.98 Å². The Balaban J connectivity index is 1.93. The number of ether oxygens (including phenoxy) is 1. The summed E-state index contributed by atoms with van der Waals surface area (Å²) in [4.78, 5) is 30.7. The molecule has 0 saturated carbocycles. The minimum absolute atomic E-state index is 0.0923. The summed E-state index contributed by atoms with van der Waals surface area (Å²) in [6.45, 7) is 0.299. The topological polar surface area (TPSA) is 66.1 Å². The van der Waals surface area contributed by atoms with Gasteiger partial charge in [-0.05, 0) is 29.8 Å². The maximum absolute atomic E-state index is 13.3. The highest BCUT2D eigenvalue weighted by Gasteiger charge is 2.16. The van der Waals surface area contributed by atoms with Crippen molar-refractivity contribution in [1.82, 2.24) is 14.1 Å². The Kier molecular flexibility index (Phi) is 5.18. The van der Waals surface area contributed by atoms with Gasteiger partial charge in [0.15, 0.2) is 0 Å². The minimum atomic E-state index is -0.452. The molecule has 2 heterocycles. The highest BCUT2D eigenvalue weighted by molar-refractivity contribution is 6.31. The average Bonchev–Trinajstić information content (AvgIpc) is 2.75. The first-order chi connectivity index (χ1) is 14.1. The van der Waals surface area contributed by atoms with Crippen LogP contribution in [0.3, 0.4) is 0 Å². The fourth-order valence-corrected chi connectivity index (χ4v) is 3.53. The van der Waals surface area contributed by atoms with Crippen molar-refractivity contribution in [1.29, 1.82) is 0 Å². The van der Waals surface area contributed by atoms with E-state index >= 15 is 0 Å². The zero-order chi connectivity index (χ0) is 20.4. The number of hydrogen-bond acceptors (Lipinski definition) is 4. The molecule has 7 heteroatoms. The fraction of sp³-hybridized carbons (Fsp3) is 0.136. The first-order valence-corrected chi connectivity index (χ1v) is 9.41. The van der Waals surface area contributed by atoms with Crippen molar-refractivity contribution >= 4 is 22.6 Å². The molecule has 146 valence electrons. The summed E-state index contributed by atoms with van der Waals surface area (Å²) in [5.74, 6) is 0.614. The molecule has 0 aliphatic carbocycles. The van der Waals surface area contributed by atoms with Gasteiger partial charge in [-0.15, -0.1) is 0 Å². The van der Waals surface area contributed by atoms with E-state index in [0.717, 1.165) is 11.1 Å². The van der Waals surface area contributed by atoms with Gasteiger partial charge in [-0.25, -0.2) is 9.78 Å². The van der Waals surface area contributed by atoms with Crippen LogP contribution in [0, 0.1) is 0 Å². The van der Waals surface area contributed by atoms with Crippen molar-refractivity contribution < 1.29 is 4.74 Å². The van der Waals surface area contributed by atoms with Gasteiger partial charge in [0.05, 0.1) is 25.6 Å². The van der Waals surface area contributed by atoms with Crippen LogP contribution in [0.2, 0.25) is 5.02 Å². The first-order valence-electron chi connectivity index (χ1n) is 9.04. The fourth-order valence-electron chi connectivity index (χ4n) is 3.33. The van der Waals surface area contributed by atoms with Crippen LogP contribution in [0.1, 0.15) is 11.1 Å². The van der Waals surface area contributed by atoms with Gasteiger partial charge in [-0.3, -0.25) is 13.9 Å². The van der Waals surface area contributed by atoms with Crippen LogP contribution in [0.5, 0.6) is 5.75 Å². The lowest BCUT2D eigenvalue weighted by molar-refractivity contribution is 0.407. The van der Waals surface area contributed by atoms with E-state index in [1.807, 2.05) is 36.4 Å². The number of para-hydroxylation sites is 1.